The van der Waals surface area contributed by atoms with Gasteiger partial charge < -0.3 is 15.9 Å². The lowest BCUT2D eigenvalue weighted by Gasteiger charge is -2.13. The van der Waals surface area contributed by atoms with Crippen LogP contribution in [-0.2, 0) is 6.61 Å². The minimum atomic E-state index is 0.176. The van der Waals surface area contributed by atoms with Crippen molar-refractivity contribution in [1.29, 1.82) is 0 Å². The van der Waals surface area contributed by atoms with Crippen LogP contribution in [0.3, 0.4) is 0 Å². The fourth-order valence-electron chi connectivity index (χ4n) is 2.99. The van der Waals surface area contributed by atoms with E-state index in [2.05, 4.69) is 15.4 Å². The first-order valence-electron chi connectivity index (χ1n) is 8.54. The summed E-state index contributed by atoms with van der Waals surface area (Å²) in [6, 6.07) is 23.9. The van der Waals surface area contributed by atoms with E-state index in [-0.39, 0.29) is 5.95 Å². The van der Waals surface area contributed by atoms with Crippen molar-refractivity contribution in [3.05, 3.63) is 78.4 Å². The highest BCUT2D eigenvalue weighted by molar-refractivity contribution is 5.93. The van der Waals surface area contributed by atoms with Crippen LogP contribution >= 0.6 is 0 Å². The molecular formula is C21H19N5O. The Bertz CT molecular complexity index is 1080. The lowest BCUT2D eigenvalue weighted by molar-refractivity contribution is 0.307. The standard InChI is InChI=1S/C21H19N5O/c22-21-24-18-11-10-15(12-17(18)20(25-21)26-23)16-8-4-5-9-19(16)27-13-14-6-2-1-3-7-14/h1-12H,13,23H2,(H3,22,24,25,26). The summed E-state index contributed by atoms with van der Waals surface area (Å²) >= 11 is 0. The van der Waals surface area contributed by atoms with Crippen molar-refractivity contribution in [2.75, 3.05) is 11.2 Å². The van der Waals surface area contributed by atoms with Gasteiger partial charge in [0.1, 0.15) is 12.4 Å². The molecular weight excluding hydrogens is 338 g/mol. The van der Waals surface area contributed by atoms with Gasteiger partial charge in [-0.1, -0.05) is 54.6 Å². The predicted molar refractivity (Wildman–Crippen MR) is 108 cm³/mol. The number of para-hydroxylation sites is 1. The van der Waals surface area contributed by atoms with Crippen LogP contribution in [0.15, 0.2) is 72.8 Å². The summed E-state index contributed by atoms with van der Waals surface area (Å²) in [6.07, 6.45) is 0. The zero-order valence-corrected chi connectivity index (χ0v) is 14.6. The van der Waals surface area contributed by atoms with Crippen molar-refractivity contribution in [2.24, 2.45) is 5.84 Å². The molecule has 4 rings (SSSR count). The summed E-state index contributed by atoms with van der Waals surface area (Å²) in [5, 5.41) is 0.794. The number of rotatable bonds is 5. The molecule has 0 spiro atoms. The first kappa shape index (κ1) is 16.8. The summed E-state index contributed by atoms with van der Waals surface area (Å²) in [7, 11) is 0. The van der Waals surface area contributed by atoms with E-state index in [0.29, 0.717) is 12.4 Å². The van der Waals surface area contributed by atoms with Crippen LogP contribution in [0, 0.1) is 0 Å². The molecule has 0 unspecified atom stereocenters. The Kier molecular flexibility index (Phi) is 4.55. The Balaban J connectivity index is 1.72. The van der Waals surface area contributed by atoms with Crippen LogP contribution in [0.5, 0.6) is 5.75 Å². The van der Waals surface area contributed by atoms with Crippen molar-refractivity contribution in [3.8, 4) is 16.9 Å². The van der Waals surface area contributed by atoms with Crippen LogP contribution < -0.4 is 21.7 Å². The number of nitrogens with one attached hydrogen (secondary N) is 1. The number of benzene rings is 3. The molecule has 0 aliphatic rings. The van der Waals surface area contributed by atoms with E-state index in [1.165, 1.54) is 0 Å². The number of hydrazine groups is 1. The average molecular weight is 357 g/mol. The molecule has 6 heteroatoms. The van der Waals surface area contributed by atoms with Crippen molar-refractivity contribution in [1.82, 2.24) is 9.97 Å². The number of hydrogen-bond donors (Lipinski definition) is 3. The molecule has 0 fully saturated rings. The van der Waals surface area contributed by atoms with Gasteiger partial charge in [-0.05, 0) is 29.3 Å². The molecule has 1 aromatic heterocycles. The third-order valence-corrected chi connectivity index (χ3v) is 4.28. The van der Waals surface area contributed by atoms with Crippen molar-refractivity contribution < 1.29 is 4.74 Å². The fourth-order valence-corrected chi connectivity index (χ4v) is 2.99. The van der Waals surface area contributed by atoms with Gasteiger partial charge in [0.2, 0.25) is 5.95 Å². The zero-order valence-electron chi connectivity index (χ0n) is 14.6. The molecule has 1 heterocycles. The molecule has 0 saturated carbocycles. The molecule has 3 aromatic carbocycles. The van der Waals surface area contributed by atoms with E-state index in [4.69, 9.17) is 16.3 Å². The SMILES string of the molecule is NNc1nc(N)nc2ccc(-c3ccccc3OCc3ccccc3)cc12. The second-order valence-electron chi connectivity index (χ2n) is 6.08. The van der Waals surface area contributed by atoms with Crippen molar-refractivity contribution >= 4 is 22.7 Å². The Morgan fingerprint density at radius 3 is 2.48 bits per heavy atom. The fraction of sp³-hybridized carbons (Fsp3) is 0.0476. The van der Waals surface area contributed by atoms with Gasteiger partial charge in [0, 0.05) is 10.9 Å². The van der Waals surface area contributed by atoms with E-state index in [9.17, 15) is 0 Å². The minimum Gasteiger partial charge on any atom is -0.488 e. The number of hydrogen-bond acceptors (Lipinski definition) is 6. The van der Waals surface area contributed by atoms with Gasteiger partial charge in [0.15, 0.2) is 5.82 Å². The third-order valence-electron chi connectivity index (χ3n) is 4.28. The van der Waals surface area contributed by atoms with E-state index in [1.807, 2.05) is 72.8 Å². The normalized spacial score (nSPS) is 10.7. The third kappa shape index (κ3) is 3.51. The topological polar surface area (TPSA) is 99.1 Å². The monoisotopic (exact) mass is 357 g/mol. The summed E-state index contributed by atoms with van der Waals surface area (Å²) in [5.74, 6) is 7.06. The Hall–Kier alpha value is -3.64. The number of nitrogen functional groups attached to an aromatic ring is 2. The van der Waals surface area contributed by atoms with Crippen molar-refractivity contribution in [3.63, 3.8) is 0 Å². The second-order valence-corrected chi connectivity index (χ2v) is 6.08. The summed E-state index contributed by atoms with van der Waals surface area (Å²) in [6.45, 7) is 0.501. The molecule has 0 atom stereocenters. The van der Waals surface area contributed by atoms with E-state index < -0.39 is 0 Å². The number of anilines is 2. The number of aromatic nitrogens is 2. The average Bonchev–Trinajstić information content (AvgIpc) is 2.72. The Labute approximate surface area is 156 Å². The zero-order chi connectivity index (χ0) is 18.6. The van der Waals surface area contributed by atoms with Crippen molar-refractivity contribution in [2.45, 2.75) is 6.61 Å². The van der Waals surface area contributed by atoms with E-state index in [0.717, 1.165) is 33.3 Å². The number of fused-ring (bicyclic) bond motifs is 1. The van der Waals surface area contributed by atoms with Gasteiger partial charge in [0.05, 0.1) is 5.52 Å². The maximum Gasteiger partial charge on any atom is 0.222 e. The molecule has 4 aromatic rings. The first-order valence-corrected chi connectivity index (χ1v) is 8.54. The largest absolute Gasteiger partial charge is 0.488 e. The summed E-state index contributed by atoms with van der Waals surface area (Å²) < 4.78 is 6.07. The molecule has 27 heavy (non-hydrogen) atoms. The second kappa shape index (κ2) is 7.31. The van der Waals surface area contributed by atoms with Gasteiger partial charge in [-0.3, -0.25) is 0 Å². The Morgan fingerprint density at radius 1 is 0.889 bits per heavy atom. The molecule has 6 nitrogen and oxygen atoms in total. The summed E-state index contributed by atoms with van der Waals surface area (Å²) in [4.78, 5) is 8.41. The lowest BCUT2D eigenvalue weighted by atomic mass is 10.0. The molecule has 0 radical (unpaired) electrons. The smallest absolute Gasteiger partial charge is 0.222 e. The highest BCUT2D eigenvalue weighted by Gasteiger charge is 2.10. The Morgan fingerprint density at radius 2 is 1.67 bits per heavy atom. The van der Waals surface area contributed by atoms with Crippen LogP contribution in [0.2, 0.25) is 0 Å². The molecule has 0 saturated heterocycles. The van der Waals surface area contributed by atoms with Gasteiger partial charge >= 0.3 is 0 Å². The van der Waals surface area contributed by atoms with Gasteiger partial charge in [-0.25, -0.2) is 10.8 Å². The lowest BCUT2D eigenvalue weighted by Crippen LogP contribution is -2.11. The molecule has 0 bridgehead atoms. The van der Waals surface area contributed by atoms with Crippen LogP contribution in [0.25, 0.3) is 22.0 Å². The minimum absolute atomic E-state index is 0.176. The maximum atomic E-state index is 6.07. The highest BCUT2D eigenvalue weighted by atomic mass is 16.5. The maximum absolute atomic E-state index is 6.07. The highest BCUT2D eigenvalue weighted by Crippen LogP contribution is 2.33. The van der Waals surface area contributed by atoms with Gasteiger partial charge in [-0.2, -0.15) is 4.98 Å². The molecule has 0 aliphatic carbocycles. The van der Waals surface area contributed by atoms with Crippen LogP contribution in [-0.4, -0.2) is 9.97 Å². The molecule has 134 valence electrons. The molecule has 0 aliphatic heterocycles. The number of nitrogens with zero attached hydrogens (tertiary/aromatic N) is 2. The summed E-state index contributed by atoms with van der Waals surface area (Å²) in [5.41, 5.74) is 12.1. The number of ether oxygens (including phenoxy) is 1. The molecule has 5 N–H and O–H groups in total. The number of nitrogens with two attached hydrogens (primary N) is 2. The van der Waals surface area contributed by atoms with Crippen LogP contribution in [0.1, 0.15) is 5.56 Å². The van der Waals surface area contributed by atoms with E-state index >= 15 is 0 Å². The van der Waals surface area contributed by atoms with Gasteiger partial charge in [0.25, 0.3) is 0 Å². The predicted octanol–water partition coefficient (Wildman–Crippen LogP) is 3.74. The first-order chi connectivity index (χ1) is 13.2. The van der Waals surface area contributed by atoms with E-state index in [1.54, 1.807) is 0 Å². The van der Waals surface area contributed by atoms with Gasteiger partial charge in [-0.15, -0.1) is 0 Å². The van der Waals surface area contributed by atoms with Crippen LogP contribution in [0.4, 0.5) is 11.8 Å². The quantitative estimate of drug-likeness (QED) is 0.372. The molecule has 0 amide bonds.